The number of benzene rings is 2. The number of sulfonamides is 1. The van der Waals surface area contributed by atoms with Gasteiger partial charge in [0.15, 0.2) is 0 Å². The summed E-state index contributed by atoms with van der Waals surface area (Å²) < 4.78 is 25.8. The maximum atomic E-state index is 13.2. The van der Waals surface area contributed by atoms with Crippen LogP contribution in [0.25, 0.3) is 0 Å². The Kier molecular flexibility index (Phi) is 8.25. The molecule has 2 aromatic rings. The average Bonchev–Trinajstić information content (AvgIpc) is 2.69. The zero-order chi connectivity index (χ0) is 22.3. The highest BCUT2D eigenvalue weighted by Crippen LogP contribution is 2.22. The van der Waals surface area contributed by atoms with Crippen molar-refractivity contribution in [3.8, 4) is 0 Å². The van der Waals surface area contributed by atoms with Crippen LogP contribution in [0.1, 0.15) is 19.4 Å². The van der Waals surface area contributed by atoms with Crippen molar-refractivity contribution in [2.24, 2.45) is 0 Å². The summed E-state index contributed by atoms with van der Waals surface area (Å²) in [5.74, 6) is -0.807. The van der Waals surface area contributed by atoms with Crippen molar-refractivity contribution in [1.82, 2.24) is 10.2 Å². The van der Waals surface area contributed by atoms with Crippen LogP contribution in [-0.2, 0) is 26.2 Å². The molecule has 0 radical (unpaired) electrons. The SMILES string of the molecule is CCNC(=O)C(C)N(Cc1ccccc1)C(=O)CN(c1cccc(Cl)c1)S(C)(=O)=O. The molecule has 0 spiro atoms. The van der Waals surface area contributed by atoms with Gasteiger partial charge in [-0.2, -0.15) is 0 Å². The van der Waals surface area contributed by atoms with E-state index in [4.69, 9.17) is 11.6 Å². The molecule has 1 unspecified atom stereocenters. The molecule has 1 atom stereocenters. The number of hydrogen-bond acceptors (Lipinski definition) is 4. The lowest BCUT2D eigenvalue weighted by molar-refractivity contribution is -0.139. The monoisotopic (exact) mass is 451 g/mol. The second kappa shape index (κ2) is 10.4. The highest BCUT2D eigenvalue weighted by Gasteiger charge is 2.29. The fourth-order valence-electron chi connectivity index (χ4n) is 2.93. The van der Waals surface area contributed by atoms with Crippen molar-refractivity contribution in [2.45, 2.75) is 26.4 Å². The van der Waals surface area contributed by atoms with Crippen LogP contribution in [0.2, 0.25) is 5.02 Å². The number of rotatable bonds is 9. The number of carbonyl (C=O) groups excluding carboxylic acids is 2. The first-order valence-corrected chi connectivity index (χ1v) is 11.7. The van der Waals surface area contributed by atoms with Gasteiger partial charge in [-0.05, 0) is 37.6 Å². The molecular formula is C21H26ClN3O4S. The van der Waals surface area contributed by atoms with Gasteiger partial charge in [0.05, 0.1) is 11.9 Å². The Hall–Kier alpha value is -2.58. The molecule has 7 nitrogen and oxygen atoms in total. The van der Waals surface area contributed by atoms with Gasteiger partial charge in [-0.25, -0.2) is 8.42 Å². The minimum absolute atomic E-state index is 0.172. The van der Waals surface area contributed by atoms with Gasteiger partial charge in [-0.1, -0.05) is 48.0 Å². The summed E-state index contributed by atoms with van der Waals surface area (Å²) in [6.45, 7) is 3.56. The van der Waals surface area contributed by atoms with Crippen LogP contribution in [0.4, 0.5) is 5.69 Å². The van der Waals surface area contributed by atoms with Gasteiger partial charge >= 0.3 is 0 Å². The third kappa shape index (κ3) is 6.47. The van der Waals surface area contributed by atoms with Crippen LogP contribution in [0.3, 0.4) is 0 Å². The fourth-order valence-corrected chi connectivity index (χ4v) is 3.96. The molecule has 162 valence electrons. The highest BCUT2D eigenvalue weighted by molar-refractivity contribution is 7.92. The van der Waals surface area contributed by atoms with E-state index < -0.39 is 28.5 Å². The van der Waals surface area contributed by atoms with Gasteiger partial charge in [0.1, 0.15) is 12.6 Å². The van der Waals surface area contributed by atoms with Crippen molar-refractivity contribution in [3.63, 3.8) is 0 Å². The lowest BCUT2D eigenvalue weighted by Crippen LogP contribution is -2.51. The second-order valence-corrected chi connectivity index (χ2v) is 9.17. The van der Waals surface area contributed by atoms with Crippen LogP contribution in [0.5, 0.6) is 0 Å². The van der Waals surface area contributed by atoms with Crippen molar-refractivity contribution in [1.29, 1.82) is 0 Å². The number of carbonyl (C=O) groups is 2. The number of amides is 2. The van der Waals surface area contributed by atoms with E-state index in [-0.39, 0.29) is 18.1 Å². The maximum Gasteiger partial charge on any atom is 0.244 e. The molecule has 0 aliphatic rings. The van der Waals surface area contributed by atoms with E-state index in [1.165, 1.54) is 11.0 Å². The van der Waals surface area contributed by atoms with Crippen molar-refractivity contribution >= 4 is 39.1 Å². The molecular weight excluding hydrogens is 426 g/mol. The van der Waals surface area contributed by atoms with Crippen molar-refractivity contribution in [3.05, 3.63) is 65.2 Å². The molecule has 1 N–H and O–H groups in total. The van der Waals surface area contributed by atoms with E-state index in [2.05, 4.69) is 5.32 Å². The summed E-state index contributed by atoms with van der Waals surface area (Å²) in [7, 11) is -3.77. The number of likely N-dealkylation sites (N-methyl/N-ethyl adjacent to an activating group) is 1. The number of nitrogens with one attached hydrogen (secondary N) is 1. The lowest BCUT2D eigenvalue weighted by Gasteiger charge is -2.31. The largest absolute Gasteiger partial charge is 0.355 e. The number of hydrogen-bond donors (Lipinski definition) is 1. The van der Waals surface area contributed by atoms with Gasteiger partial charge < -0.3 is 10.2 Å². The van der Waals surface area contributed by atoms with E-state index in [0.29, 0.717) is 11.6 Å². The van der Waals surface area contributed by atoms with E-state index in [0.717, 1.165) is 16.1 Å². The summed E-state index contributed by atoms with van der Waals surface area (Å²) in [4.78, 5) is 27.0. The quantitative estimate of drug-likeness (QED) is 0.635. The first-order valence-electron chi connectivity index (χ1n) is 9.48. The van der Waals surface area contributed by atoms with Crippen LogP contribution in [0.15, 0.2) is 54.6 Å². The Bertz CT molecular complexity index is 983. The molecule has 0 heterocycles. The van der Waals surface area contributed by atoms with Gasteiger partial charge in [0.2, 0.25) is 21.8 Å². The summed E-state index contributed by atoms with van der Waals surface area (Å²) in [6, 6.07) is 14.7. The minimum Gasteiger partial charge on any atom is -0.355 e. The smallest absolute Gasteiger partial charge is 0.244 e. The van der Waals surface area contributed by atoms with Crippen LogP contribution in [-0.4, -0.2) is 50.5 Å². The highest BCUT2D eigenvalue weighted by atomic mass is 35.5. The molecule has 0 aliphatic heterocycles. The van der Waals surface area contributed by atoms with E-state index >= 15 is 0 Å². The molecule has 0 bridgehead atoms. The van der Waals surface area contributed by atoms with E-state index in [1.807, 2.05) is 30.3 Å². The first kappa shape index (κ1) is 23.7. The minimum atomic E-state index is -3.77. The summed E-state index contributed by atoms with van der Waals surface area (Å²) in [5, 5.41) is 3.06. The van der Waals surface area contributed by atoms with Gasteiger partial charge in [0.25, 0.3) is 0 Å². The van der Waals surface area contributed by atoms with Crippen molar-refractivity contribution < 1.29 is 18.0 Å². The fraction of sp³-hybridized carbons (Fsp3) is 0.333. The molecule has 2 rings (SSSR count). The molecule has 0 aliphatic carbocycles. The number of nitrogens with zero attached hydrogens (tertiary/aromatic N) is 2. The van der Waals surface area contributed by atoms with Gasteiger partial charge in [-0.15, -0.1) is 0 Å². The molecule has 9 heteroatoms. The molecule has 0 fully saturated rings. The standard InChI is InChI=1S/C21H26ClN3O4S/c1-4-23-21(27)16(2)24(14-17-9-6-5-7-10-17)20(26)15-25(30(3,28)29)19-12-8-11-18(22)13-19/h5-13,16H,4,14-15H2,1-3H3,(H,23,27). The number of anilines is 1. The number of halogens is 1. The van der Waals surface area contributed by atoms with Gasteiger partial charge in [-0.3, -0.25) is 13.9 Å². The normalized spacial score (nSPS) is 12.1. The first-order chi connectivity index (χ1) is 14.1. The molecule has 30 heavy (non-hydrogen) atoms. The Morgan fingerprint density at radius 2 is 1.77 bits per heavy atom. The van der Waals surface area contributed by atoms with Gasteiger partial charge in [0, 0.05) is 18.1 Å². The van der Waals surface area contributed by atoms with Crippen LogP contribution < -0.4 is 9.62 Å². The topological polar surface area (TPSA) is 86.8 Å². The predicted octanol–water partition coefficient (Wildman–Crippen LogP) is 2.66. The molecule has 0 saturated carbocycles. The zero-order valence-electron chi connectivity index (χ0n) is 17.2. The molecule has 2 aromatic carbocycles. The molecule has 0 saturated heterocycles. The maximum absolute atomic E-state index is 13.2. The Morgan fingerprint density at radius 1 is 1.10 bits per heavy atom. The van der Waals surface area contributed by atoms with Crippen LogP contribution in [0, 0.1) is 0 Å². The third-order valence-electron chi connectivity index (χ3n) is 4.49. The van der Waals surface area contributed by atoms with Crippen LogP contribution >= 0.6 is 11.6 Å². The van der Waals surface area contributed by atoms with E-state index in [1.54, 1.807) is 32.0 Å². The Morgan fingerprint density at radius 3 is 2.33 bits per heavy atom. The third-order valence-corrected chi connectivity index (χ3v) is 5.87. The molecule has 2 amide bonds. The second-order valence-electron chi connectivity index (χ2n) is 6.83. The average molecular weight is 452 g/mol. The Labute approximate surface area is 182 Å². The van der Waals surface area contributed by atoms with E-state index in [9.17, 15) is 18.0 Å². The Balaban J connectivity index is 2.35. The van der Waals surface area contributed by atoms with Crippen molar-refractivity contribution in [2.75, 3.05) is 23.7 Å². The molecule has 0 aromatic heterocycles. The predicted molar refractivity (Wildman–Crippen MR) is 119 cm³/mol. The summed E-state index contributed by atoms with van der Waals surface area (Å²) in [5.41, 5.74) is 1.11. The lowest BCUT2D eigenvalue weighted by atomic mass is 10.1. The summed E-state index contributed by atoms with van der Waals surface area (Å²) in [6.07, 6.45) is 1.02. The summed E-state index contributed by atoms with van der Waals surface area (Å²) >= 11 is 6.00. The zero-order valence-corrected chi connectivity index (χ0v) is 18.8.